The lowest BCUT2D eigenvalue weighted by Gasteiger charge is -2.32. The summed E-state index contributed by atoms with van der Waals surface area (Å²) in [4.78, 5) is 37.0. The van der Waals surface area contributed by atoms with E-state index in [1.807, 2.05) is 31.2 Å². The van der Waals surface area contributed by atoms with Gasteiger partial charge in [-0.1, -0.05) is 74.7 Å². The summed E-state index contributed by atoms with van der Waals surface area (Å²) < 4.78 is 5.62. The summed E-state index contributed by atoms with van der Waals surface area (Å²) in [6.07, 6.45) is 4.09. The summed E-state index contributed by atoms with van der Waals surface area (Å²) in [5.41, 5.74) is 4.57. The molecule has 2 aliphatic carbocycles. The lowest BCUT2D eigenvalue weighted by atomic mass is 9.82. The number of carboxylic acids is 1. The largest absolute Gasteiger partial charge is 0.481 e. The molecule has 0 saturated heterocycles. The Morgan fingerprint density at radius 3 is 2.26 bits per heavy atom. The number of carbonyl (C=O) groups is 3. The number of alkyl carbamates (subject to hydrolysis) is 1. The van der Waals surface area contributed by atoms with Crippen LogP contribution in [0.2, 0.25) is 0 Å². The number of amides is 2. The van der Waals surface area contributed by atoms with E-state index < -0.39 is 18.1 Å². The van der Waals surface area contributed by atoms with Gasteiger partial charge in [0, 0.05) is 12.0 Å². The molecule has 35 heavy (non-hydrogen) atoms. The SMILES string of the molecule is CCC[C@@H](NC(=O)OCC1c2ccccc2-c2ccccc21)C(=O)NC1CCCCC1CC(=O)O. The standard InChI is InChI=1S/C28H34N2O5/c1-2-9-25(27(33)29-24-15-8-3-10-18(24)16-26(31)32)30-28(34)35-17-23-21-13-6-4-11-19(21)20-12-5-7-14-22(20)23/h4-7,11-14,18,23-25H,2-3,8-10,15-17H2,1H3,(H,29,33)(H,30,34)(H,31,32)/t18?,24?,25-/m1/s1. The molecule has 1 fully saturated rings. The molecule has 1 saturated carbocycles. The number of carboxylic acid groups (broad SMARTS) is 1. The van der Waals surface area contributed by atoms with Crippen LogP contribution in [0.25, 0.3) is 11.1 Å². The van der Waals surface area contributed by atoms with Crippen LogP contribution in [0.3, 0.4) is 0 Å². The molecule has 7 nitrogen and oxygen atoms in total. The van der Waals surface area contributed by atoms with E-state index in [1.54, 1.807) is 0 Å². The number of benzene rings is 2. The van der Waals surface area contributed by atoms with Gasteiger partial charge in [0.1, 0.15) is 12.6 Å². The average molecular weight is 479 g/mol. The van der Waals surface area contributed by atoms with Gasteiger partial charge < -0.3 is 20.5 Å². The van der Waals surface area contributed by atoms with E-state index in [9.17, 15) is 19.5 Å². The Hall–Kier alpha value is -3.35. The first-order chi connectivity index (χ1) is 17.0. The van der Waals surface area contributed by atoms with Crippen LogP contribution in [0.5, 0.6) is 0 Å². The molecule has 2 aromatic rings. The van der Waals surface area contributed by atoms with Crippen molar-refractivity contribution in [3.8, 4) is 11.1 Å². The number of hydrogen-bond donors (Lipinski definition) is 3. The fraction of sp³-hybridized carbons (Fsp3) is 0.464. The van der Waals surface area contributed by atoms with E-state index in [-0.39, 0.29) is 36.8 Å². The number of carbonyl (C=O) groups excluding carboxylic acids is 2. The van der Waals surface area contributed by atoms with Gasteiger partial charge in [-0.2, -0.15) is 0 Å². The van der Waals surface area contributed by atoms with Crippen LogP contribution in [0.4, 0.5) is 4.79 Å². The van der Waals surface area contributed by atoms with Crippen molar-refractivity contribution in [3.63, 3.8) is 0 Å². The lowest BCUT2D eigenvalue weighted by molar-refractivity contribution is -0.139. The molecule has 0 bridgehead atoms. The Morgan fingerprint density at radius 2 is 1.63 bits per heavy atom. The second-order valence-corrected chi connectivity index (χ2v) is 9.57. The quantitative estimate of drug-likeness (QED) is 0.478. The van der Waals surface area contributed by atoms with E-state index in [2.05, 4.69) is 34.9 Å². The van der Waals surface area contributed by atoms with Gasteiger partial charge in [-0.05, 0) is 47.4 Å². The Bertz CT molecular complexity index is 1020. The number of aliphatic carboxylic acids is 1. The van der Waals surface area contributed by atoms with E-state index in [0.717, 1.165) is 47.9 Å². The Labute approximate surface area is 206 Å². The van der Waals surface area contributed by atoms with Crippen molar-refractivity contribution >= 4 is 18.0 Å². The summed E-state index contributed by atoms with van der Waals surface area (Å²) in [5, 5.41) is 15.0. The van der Waals surface area contributed by atoms with Crippen LogP contribution in [-0.4, -0.2) is 41.8 Å². The third kappa shape index (κ3) is 5.84. The second-order valence-electron chi connectivity index (χ2n) is 9.57. The van der Waals surface area contributed by atoms with Crippen LogP contribution in [0, 0.1) is 5.92 Å². The summed E-state index contributed by atoms with van der Waals surface area (Å²) in [6, 6.07) is 15.4. The van der Waals surface area contributed by atoms with Crippen LogP contribution < -0.4 is 10.6 Å². The highest BCUT2D eigenvalue weighted by Crippen LogP contribution is 2.44. The molecule has 0 spiro atoms. The van der Waals surface area contributed by atoms with Crippen molar-refractivity contribution < 1.29 is 24.2 Å². The van der Waals surface area contributed by atoms with Crippen molar-refractivity contribution in [2.24, 2.45) is 5.92 Å². The topological polar surface area (TPSA) is 105 Å². The van der Waals surface area contributed by atoms with Crippen LogP contribution in [0.15, 0.2) is 48.5 Å². The number of rotatable bonds is 9. The second kappa shape index (κ2) is 11.4. The van der Waals surface area contributed by atoms with Gasteiger partial charge in [0.15, 0.2) is 0 Å². The van der Waals surface area contributed by atoms with Gasteiger partial charge in [-0.3, -0.25) is 9.59 Å². The zero-order chi connectivity index (χ0) is 24.8. The zero-order valence-corrected chi connectivity index (χ0v) is 20.2. The fourth-order valence-electron chi connectivity index (χ4n) is 5.49. The highest BCUT2D eigenvalue weighted by molar-refractivity contribution is 5.86. The molecule has 2 aromatic carbocycles. The Morgan fingerprint density at radius 1 is 1.00 bits per heavy atom. The summed E-state index contributed by atoms with van der Waals surface area (Å²) in [7, 11) is 0. The molecule has 0 aromatic heterocycles. The van der Waals surface area contributed by atoms with E-state index >= 15 is 0 Å². The molecule has 2 unspecified atom stereocenters. The molecule has 186 valence electrons. The minimum Gasteiger partial charge on any atom is -0.481 e. The first-order valence-corrected chi connectivity index (χ1v) is 12.6. The van der Waals surface area contributed by atoms with Crippen molar-refractivity contribution in [1.29, 1.82) is 0 Å². The highest BCUT2D eigenvalue weighted by atomic mass is 16.5. The van der Waals surface area contributed by atoms with Crippen molar-refractivity contribution in [3.05, 3.63) is 59.7 Å². The smallest absolute Gasteiger partial charge is 0.407 e. The number of hydrogen-bond acceptors (Lipinski definition) is 4. The highest BCUT2D eigenvalue weighted by Gasteiger charge is 2.32. The molecule has 4 rings (SSSR count). The minimum absolute atomic E-state index is 0.0448. The van der Waals surface area contributed by atoms with Gasteiger partial charge >= 0.3 is 12.1 Å². The molecule has 3 atom stereocenters. The molecule has 7 heteroatoms. The number of nitrogens with one attached hydrogen (secondary N) is 2. The molecule has 0 heterocycles. The molecular weight excluding hydrogens is 444 g/mol. The summed E-state index contributed by atoms with van der Waals surface area (Å²) in [5.74, 6) is -1.26. The maximum absolute atomic E-state index is 13.0. The number of ether oxygens (including phenoxy) is 1. The van der Waals surface area contributed by atoms with E-state index in [1.165, 1.54) is 0 Å². The van der Waals surface area contributed by atoms with Gasteiger partial charge in [0.05, 0.1) is 6.42 Å². The molecule has 2 amide bonds. The molecular formula is C28H34N2O5. The zero-order valence-electron chi connectivity index (χ0n) is 20.2. The summed E-state index contributed by atoms with van der Waals surface area (Å²) in [6.45, 7) is 2.14. The predicted molar refractivity (Wildman–Crippen MR) is 133 cm³/mol. The minimum atomic E-state index is -0.849. The fourth-order valence-corrected chi connectivity index (χ4v) is 5.49. The molecule has 2 aliphatic rings. The maximum atomic E-state index is 13.0. The average Bonchev–Trinajstić information content (AvgIpc) is 3.17. The normalized spacial score (nSPS) is 19.8. The van der Waals surface area contributed by atoms with Gasteiger partial charge in [-0.15, -0.1) is 0 Å². The van der Waals surface area contributed by atoms with Gasteiger partial charge in [-0.25, -0.2) is 4.79 Å². The third-order valence-corrected chi connectivity index (χ3v) is 7.20. The first-order valence-electron chi connectivity index (χ1n) is 12.6. The lowest BCUT2D eigenvalue weighted by Crippen LogP contribution is -2.52. The molecule has 0 radical (unpaired) electrons. The first kappa shape index (κ1) is 24.8. The van der Waals surface area contributed by atoms with Gasteiger partial charge in [0.2, 0.25) is 5.91 Å². The maximum Gasteiger partial charge on any atom is 0.407 e. The monoisotopic (exact) mass is 478 g/mol. The van der Waals surface area contributed by atoms with Crippen LogP contribution in [0.1, 0.15) is 68.9 Å². The van der Waals surface area contributed by atoms with E-state index in [0.29, 0.717) is 12.8 Å². The Balaban J connectivity index is 1.37. The van der Waals surface area contributed by atoms with Crippen molar-refractivity contribution in [2.75, 3.05) is 6.61 Å². The van der Waals surface area contributed by atoms with Crippen LogP contribution in [-0.2, 0) is 14.3 Å². The van der Waals surface area contributed by atoms with Crippen molar-refractivity contribution in [2.45, 2.75) is 69.9 Å². The molecule has 3 N–H and O–H groups in total. The Kier molecular flexibility index (Phi) is 8.06. The molecule has 0 aliphatic heterocycles. The third-order valence-electron chi connectivity index (χ3n) is 7.20. The number of fused-ring (bicyclic) bond motifs is 3. The van der Waals surface area contributed by atoms with Crippen molar-refractivity contribution in [1.82, 2.24) is 10.6 Å². The van der Waals surface area contributed by atoms with Crippen LogP contribution >= 0.6 is 0 Å². The van der Waals surface area contributed by atoms with Gasteiger partial charge in [0.25, 0.3) is 0 Å². The van der Waals surface area contributed by atoms with E-state index in [4.69, 9.17) is 4.74 Å². The summed E-state index contributed by atoms with van der Waals surface area (Å²) >= 11 is 0. The predicted octanol–water partition coefficient (Wildman–Crippen LogP) is 4.84.